The molecule has 0 fully saturated rings. The Kier molecular flexibility index (Phi) is 4.81. The lowest BCUT2D eigenvalue weighted by Crippen LogP contribution is -2.16. The third-order valence-electron chi connectivity index (χ3n) is 4.67. The minimum Gasteiger partial charge on any atom is -0.485 e. The molecule has 2 aromatic carbocycles. The topological polar surface area (TPSA) is 56.1 Å². The van der Waals surface area contributed by atoms with Crippen molar-refractivity contribution in [1.82, 2.24) is 9.55 Å². The number of hydrogen-bond acceptors (Lipinski definition) is 3. The Balaban J connectivity index is 1.56. The molecule has 2 aromatic heterocycles. The van der Waals surface area contributed by atoms with Crippen molar-refractivity contribution >= 4 is 22.5 Å². The Morgan fingerprint density at radius 2 is 1.89 bits per heavy atom. The van der Waals surface area contributed by atoms with E-state index in [1.807, 2.05) is 79.2 Å². The third kappa shape index (κ3) is 3.60. The van der Waals surface area contributed by atoms with Crippen molar-refractivity contribution in [2.45, 2.75) is 13.5 Å². The van der Waals surface area contributed by atoms with Gasteiger partial charge in [-0.2, -0.15) is 0 Å². The van der Waals surface area contributed by atoms with Gasteiger partial charge in [-0.15, -0.1) is 0 Å². The normalized spacial score (nSPS) is 10.8. The lowest BCUT2D eigenvalue weighted by Gasteiger charge is -2.12. The van der Waals surface area contributed by atoms with Crippen LogP contribution in [0.3, 0.4) is 0 Å². The maximum atomic E-state index is 12.9. The van der Waals surface area contributed by atoms with Crippen molar-refractivity contribution in [3.8, 4) is 5.75 Å². The van der Waals surface area contributed by atoms with E-state index in [2.05, 4.69) is 16.4 Å². The zero-order valence-corrected chi connectivity index (χ0v) is 15.8. The Morgan fingerprint density at radius 1 is 1.07 bits per heavy atom. The summed E-state index contributed by atoms with van der Waals surface area (Å²) in [5.41, 5.74) is 4.24. The second-order valence-electron chi connectivity index (χ2n) is 6.71. The smallest absolute Gasteiger partial charge is 0.272 e. The van der Waals surface area contributed by atoms with Crippen LogP contribution >= 0.6 is 0 Å². The van der Waals surface area contributed by atoms with E-state index < -0.39 is 0 Å². The molecule has 0 aliphatic rings. The van der Waals surface area contributed by atoms with Gasteiger partial charge in [0.1, 0.15) is 18.1 Å². The molecule has 5 heteroatoms. The quantitative estimate of drug-likeness (QED) is 0.553. The molecular formula is C23H21N3O2. The van der Waals surface area contributed by atoms with Crippen LogP contribution in [0.1, 0.15) is 21.7 Å². The summed E-state index contributed by atoms with van der Waals surface area (Å²) < 4.78 is 7.79. The van der Waals surface area contributed by atoms with Gasteiger partial charge in [0.2, 0.25) is 0 Å². The Bertz CT molecular complexity index is 1130. The first-order chi connectivity index (χ1) is 13.6. The number of rotatable bonds is 5. The monoisotopic (exact) mass is 371 g/mol. The maximum absolute atomic E-state index is 12.9. The van der Waals surface area contributed by atoms with Crippen LogP contribution in [0, 0.1) is 6.92 Å². The van der Waals surface area contributed by atoms with E-state index in [0.717, 1.165) is 16.6 Å². The van der Waals surface area contributed by atoms with Gasteiger partial charge in [0.15, 0.2) is 0 Å². The fourth-order valence-electron chi connectivity index (χ4n) is 3.20. The predicted octanol–water partition coefficient (Wildman–Crippen LogP) is 4.71. The van der Waals surface area contributed by atoms with Gasteiger partial charge in [-0.25, -0.2) is 0 Å². The SMILES string of the molecule is Cc1ccc2c(c1)cc(C(=O)Nc1ccccc1OCc1ccccn1)n2C. The van der Waals surface area contributed by atoms with Gasteiger partial charge in [0.25, 0.3) is 5.91 Å². The number of aromatic nitrogens is 2. The fraction of sp³-hybridized carbons (Fsp3) is 0.130. The van der Waals surface area contributed by atoms with Crippen molar-refractivity contribution in [3.63, 3.8) is 0 Å². The van der Waals surface area contributed by atoms with Gasteiger partial charge >= 0.3 is 0 Å². The van der Waals surface area contributed by atoms with Crippen LogP contribution in [0.4, 0.5) is 5.69 Å². The average molecular weight is 371 g/mol. The molecule has 0 aliphatic carbocycles. The summed E-state index contributed by atoms with van der Waals surface area (Å²) >= 11 is 0. The van der Waals surface area contributed by atoms with Crippen LogP contribution in [0.15, 0.2) is 72.9 Å². The third-order valence-corrected chi connectivity index (χ3v) is 4.67. The molecular weight excluding hydrogens is 350 g/mol. The number of fused-ring (bicyclic) bond motifs is 1. The average Bonchev–Trinajstić information content (AvgIpc) is 3.04. The van der Waals surface area contributed by atoms with E-state index in [0.29, 0.717) is 23.7 Å². The van der Waals surface area contributed by atoms with Crippen LogP contribution in [0.5, 0.6) is 5.75 Å². The lowest BCUT2D eigenvalue weighted by molar-refractivity contribution is 0.101. The number of carbonyl (C=O) groups is 1. The number of benzene rings is 2. The lowest BCUT2D eigenvalue weighted by atomic mass is 10.2. The van der Waals surface area contributed by atoms with Gasteiger partial charge in [-0.3, -0.25) is 9.78 Å². The highest BCUT2D eigenvalue weighted by Gasteiger charge is 2.15. The largest absolute Gasteiger partial charge is 0.485 e. The van der Waals surface area contributed by atoms with E-state index in [-0.39, 0.29) is 5.91 Å². The minimum atomic E-state index is -0.176. The first kappa shape index (κ1) is 17.8. The van der Waals surface area contributed by atoms with Gasteiger partial charge in [0.05, 0.1) is 11.4 Å². The van der Waals surface area contributed by atoms with Crippen LogP contribution in [0.2, 0.25) is 0 Å². The molecule has 140 valence electrons. The van der Waals surface area contributed by atoms with Gasteiger partial charge in [0, 0.05) is 24.1 Å². The highest BCUT2D eigenvalue weighted by molar-refractivity contribution is 6.07. The second-order valence-corrected chi connectivity index (χ2v) is 6.71. The molecule has 0 saturated carbocycles. The number of pyridine rings is 1. The summed E-state index contributed by atoms with van der Waals surface area (Å²) in [7, 11) is 1.90. The number of anilines is 1. The Labute approximate surface area is 163 Å². The minimum absolute atomic E-state index is 0.176. The molecule has 0 atom stereocenters. The van der Waals surface area contributed by atoms with Crippen LogP contribution in [-0.2, 0) is 13.7 Å². The van der Waals surface area contributed by atoms with Crippen molar-refractivity contribution < 1.29 is 9.53 Å². The number of ether oxygens (including phenoxy) is 1. The fourth-order valence-corrected chi connectivity index (χ4v) is 3.20. The van der Waals surface area contributed by atoms with Gasteiger partial charge < -0.3 is 14.6 Å². The van der Waals surface area contributed by atoms with Crippen molar-refractivity contribution in [2.75, 3.05) is 5.32 Å². The molecule has 0 spiro atoms. The van der Waals surface area contributed by atoms with E-state index >= 15 is 0 Å². The van der Waals surface area contributed by atoms with Crippen LogP contribution in [0.25, 0.3) is 10.9 Å². The number of nitrogens with one attached hydrogen (secondary N) is 1. The van der Waals surface area contributed by atoms with E-state index in [4.69, 9.17) is 4.74 Å². The molecule has 0 aliphatic heterocycles. The zero-order valence-electron chi connectivity index (χ0n) is 15.8. The summed E-state index contributed by atoms with van der Waals surface area (Å²) in [5, 5.41) is 4.02. The summed E-state index contributed by atoms with van der Waals surface area (Å²) in [4.78, 5) is 17.2. The standard InChI is InChI=1S/C23H21N3O2/c1-16-10-11-20-17(13-16)14-21(26(20)2)23(27)25-19-8-3-4-9-22(19)28-15-18-7-5-6-12-24-18/h3-14H,15H2,1-2H3,(H,25,27). The molecule has 0 saturated heterocycles. The van der Waals surface area contributed by atoms with Crippen molar-refractivity contribution in [3.05, 3.63) is 89.9 Å². The van der Waals surface area contributed by atoms with Crippen molar-refractivity contribution in [2.24, 2.45) is 7.05 Å². The number of nitrogens with zero attached hydrogens (tertiary/aromatic N) is 2. The molecule has 5 nitrogen and oxygen atoms in total. The first-order valence-corrected chi connectivity index (χ1v) is 9.11. The molecule has 0 unspecified atom stereocenters. The maximum Gasteiger partial charge on any atom is 0.272 e. The van der Waals surface area contributed by atoms with E-state index in [1.54, 1.807) is 6.20 Å². The first-order valence-electron chi connectivity index (χ1n) is 9.11. The molecule has 2 heterocycles. The Morgan fingerprint density at radius 3 is 2.71 bits per heavy atom. The Hall–Kier alpha value is -3.60. The molecule has 0 radical (unpaired) electrons. The summed E-state index contributed by atoms with van der Waals surface area (Å²) in [5.74, 6) is 0.432. The highest BCUT2D eigenvalue weighted by atomic mass is 16.5. The number of aryl methyl sites for hydroxylation is 2. The van der Waals surface area contributed by atoms with E-state index in [9.17, 15) is 4.79 Å². The van der Waals surface area contributed by atoms with Crippen LogP contribution < -0.4 is 10.1 Å². The van der Waals surface area contributed by atoms with Gasteiger partial charge in [-0.05, 0) is 49.4 Å². The predicted molar refractivity (Wildman–Crippen MR) is 111 cm³/mol. The van der Waals surface area contributed by atoms with Gasteiger partial charge in [-0.1, -0.05) is 29.8 Å². The molecule has 4 rings (SSSR count). The number of carbonyl (C=O) groups excluding carboxylic acids is 1. The van der Waals surface area contributed by atoms with Crippen molar-refractivity contribution in [1.29, 1.82) is 0 Å². The summed E-state index contributed by atoms with van der Waals surface area (Å²) in [6.45, 7) is 2.38. The molecule has 28 heavy (non-hydrogen) atoms. The highest BCUT2D eigenvalue weighted by Crippen LogP contribution is 2.26. The molecule has 1 N–H and O–H groups in total. The molecule has 0 bridgehead atoms. The number of hydrogen-bond donors (Lipinski definition) is 1. The summed E-state index contributed by atoms with van der Waals surface area (Å²) in [6, 6.07) is 21.2. The zero-order chi connectivity index (χ0) is 19.5. The van der Waals surface area contributed by atoms with Crippen LogP contribution in [-0.4, -0.2) is 15.5 Å². The summed E-state index contributed by atoms with van der Waals surface area (Å²) in [6.07, 6.45) is 1.73. The molecule has 4 aromatic rings. The van der Waals surface area contributed by atoms with E-state index in [1.165, 1.54) is 5.56 Å². The second kappa shape index (κ2) is 7.56. The molecule has 1 amide bonds. The number of amides is 1. The number of para-hydroxylation sites is 2.